The van der Waals surface area contributed by atoms with Crippen molar-refractivity contribution in [1.29, 1.82) is 0 Å². The Hall–Kier alpha value is -2.21. The van der Waals surface area contributed by atoms with Crippen molar-refractivity contribution in [3.63, 3.8) is 0 Å². The van der Waals surface area contributed by atoms with Crippen molar-refractivity contribution >= 4 is 17.1 Å². The van der Waals surface area contributed by atoms with E-state index in [0.29, 0.717) is 11.5 Å². The molecular weight excluding hydrogens is 272 g/mol. The molecule has 0 aliphatic carbocycles. The van der Waals surface area contributed by atoms with E-state index in [9.17, 15) is 4.79 Å². The van der Waals surface area contributed by atoms with Gasteiger partial charge in [-0.3, -0.25) is 14.9 Å². The molecule has 0 unspecified atom stereocenters. The second-order valence-corrected chi connectivity index (χ2v) is 4.80. The summed E-state index contributed by atoms with van der Waals surface area (Å²) in [5.74, 6) is 0.516. The van der Waals surface area contributed by atoms with Gasteiger partial charge in [-0.2, -0.15) is 9.47 Å². The number of H-pyrrole nitrogens is 2. The highest BCUT2D eigenvalue weighted by Crippen LogP contribution is 2.19. The maximum atomic E-state index is 11.1. The maximum Gasteiger partial charge on any atom is 0.323 e. The Balaban J connectivity index is 2.31. The number of nitrogens with zero attached hydrogens (tertiary/aromatic N) is 2. The fraction of sp³-hybridized carbons (Fsp3) is 0.214. The molecule has 0 atom stereocenters. The minimum Gasteiger partial charge on any atom is -0.294 e. The quantitative estimate of drug-likeness (QED) is 0.830. The predicted molar refractivity (Wildman–Crippen MR) is 82.5 cm³/mol. The molecule has 0 bridgehead atoms. The van der Waals surface area contributed by atoms with Crippen molar-refractivity contribution in [1.82, 2.24) is 19.6 Å². The van der Waals surface area contributed by atoms with Gasteiger partial charge in [0.05, 0.1) is 5.69 Å². The summed E-state index contributed by atoms with van der Waals surface area (Å²) in [6, 6.07) is 1.87. The Morgan fingerprint density at radius 3 is 3.00 bits per heavy atom. The molecule has 20 heavy (non-hydrogen) atoms. The topological polar surface area (TPSA) is 74.4 Å². The van der Waals surface area contributed by atoms with Crippen LogP contribution in [0.4, 0.5) is 0 Å². The van der Waals surface area contributed by atoms with Crippen LogP contribution in [0.3, 0.4) is 0 Å². The molecule has 0 fully saturated rings. The Bertz CT molecular complexity index is 703. The van der Waals surface area contributed by atoms with Gasteiger partial charge in [-0.25, -0.2) is 0 Å². The van der Waals surface area contributed by atoms with Crippen LogP contribution in [0.5, 0.6) is 0 Å². The van der Waals surface area contributed by atoms with Gasteiger partial charge in [0.15, 0.2) is 5.82 Å². The van der Waals surface area contributed by atoms with Crippen molar-refractivity contribution in [3.8, 4) is 11.5 Å². The molecule has 0 aromatic carbocycles. The largest absolute Gasteiger partial charge is 0.323 e. The number of aromatic amines is 2. The fourth-order valence-corrected chi connectivity index (χ4v) is 2.11. The zero-order valence-corrected chi connectivity index (χ0v) is 12.2. The van der Waals surface area contributed by atoms with Crippen LogP contribution in [-0.2, 0) is 0 Å². The highest BCUT2D eigenvalue weighted by molar-refractivity contribution is 7.03. The number of aromatic nitrogens is 4. The van der Waals surface area contributed by atoms with Gasteiger partial charge < -0.3 is 0 Å². The second-order valence-electron chi connectivity index (χ2n) is 4.07. The van der Waals surface area contributed by atoms with Gasteiger partial charge in [-0.05, 0) is 19.4 Å². The van der Waals surface area contributed by atoms with Crippen LogP contribution in [0.1, 0.15) is 26.0 Å². The molecule has 2 heterocycles. The summed E-state index contributed by atoms with van der Waals surface area (Å²) in [5.41, 5.74) is 2.51. The number of allylic oxidation sites excluding steroid dienone is 6. The second kappa shape index (κ2) is 6.81. The molecule has 5 nitrogen and oxygen atoms in total. The molecule has 0 radical (unpaired) electrons. The van der Waals surface area contributed by atoms with Gasteiger partial charge in [0.2, 0.25) is 0 Å². The van der Waals surface area contributed by atoms with Crippen LogP contribution in [0, 0.1) is 0 Å². The summed E-state index contributed by atoms with van der Waals surface area (Å²) in [4.78, 5) is 13.6. The van der Waals surface area contributed by atoms with Crippen LogP contribution in [0.15, 0.2) is 41.2 Å². The summed E-state index contributed by atoms with van der Waals surface area (Å²) in [6.45, 7) is 4.05. The van der Waals surface area contributed by atoms with Crippen molar-refractivity contribution in [2.45, 2.75) is 20.3 Å². The van der Waals surface area contributed by atoms with E-state index in [1.807, 2.05) is 37.3 Å². The van der Waals surface area contributed by atoms with Gasteiger partial charge in [-0.1, -0.05) is 37.3 Å². The number of hydrogen-bond donors (Lipinski definition) is 2. The first-order valence-corrected chi connectivity index (χ1v) is 7.13. The lowest BCUT2D eigenvalue weighted by atomic mass is 10.1. The molecular formula is C14H16N4OS. The van der Waals surface area contributed by atoms with Crippen molar-refractivity contribution in [2.24, 2.45) is 0 Å². The minimum absolute atomic E-state index is 0.175. The summed E-state index contributed by atoms with van der Waals surface area (Å²) in [7, 11) is 0. The van der Waals surface area contributed by atoms with Crippen LogP contribution in [-0.4, -0.2) is 19.6 Å². The maximum absolute atomic E-state index is 11.1. The standard InChI is InChI=1S/C14H16N4OS/c1-3-5-6-8-10(7-4-2)11-9-12(17-16-11)13-15-14(19)20-18-13/h4-9H,3H2,1-2H3,(H,16,17)(H,15,18,19)/b6-5+,7-4-,10-8+. The number of rotatable bonds is 5. The molecule has 2 rings (SSSR count). The van der Waals surface area contributed by atoms with Gasteiger partial charge in [0.1, 0.15) is 5.69 Å². The first-order valence-electron chi connectivity index (χ1n) is 6.36. The molecule has 0 aliphatic heterocycles. The highest BCUT2D eigenvalue weighted by atomic mass is 32.1. The van der Waals surface area contributed by atoms with E-state index in [-0.39, 0.29) is 4.87 Å². The molecule has 6 heteroatoms. The third-order valence-corrected chi connectivity index (χ3v) is 3.10. The average Bonchev–Trinajstić information content (AvgIpc) is 3.06. The third kappa shape index (κ3) is 3.42. The lowest BCUT2D eigenvalue weighted by Gasteiger charge is -1.94. The molecule has 0 saturated heterocycles. The summed E-state index contributed by atoms with van der Waals surface area (Å²) < 4.78 is 4.03. The molecule has 2 aromatic rings. The lowest BCUT2D eigenvalue weighted by Crippen LogP contribution is -1.92. The normalized spacial score (nSPS) is 12.8. The van der Waals surface area contributed by atoms with Crippen LogP contribution in [0.25, 0.3) is 17.1 Å². The average molecular weight is 288 g/mol. The molecule has 104 valence electrons. The zero-order chi connectivity index (χ0) is 14.4. The smallest absolute Gasteiger partial charge is 0.294 e. The molecule has 2 N–H and O–H groups in total. The van der Waals surface area contributed by atoms with E-state index >= 15 is 0 Å². The molecule has 0 amide bonds. The van der Waals surface area contributed by atoms with Crippen molar-refractivity contribution in [3.05, 3.63) is 51.8 Å². The monoisotopic (exact) mass is 288 g/mol. The van der Waals surface area contributed by atoms with Crippen molar-refractivity contribution < 1.29 is 0 Å². The third-order valence-electron chi connectivity index (χ3n) is 2.56. The first-order chi connectivity index (χ1) is 9.74. The summed E-state index contributed by atoms with van der Waals surface area (Å²) in [5, 5.41) is 7.15. The Labute approximate surface area is 120 Å². The Morgan fingerprint density at radius 1 is 1.50 bits per heavy atom. The minimum atomic E-state index is -0.175. The Kier molecular flexibility index (Phi) is 4.84. The first kappa shape index (κ1) is 14.2. The van der Waals surface area contributed by atoms with Gasteiger partial charge in [-0.15, -0.1) is 0 Å². The Morgan fingerprint density at radius 2 is 2.35 bits per heavy atom. The van der Waals surface area contributed by atoms with Gasteiger partial charge in [0, 0.05) is 17.1 Å². The molecule has 0 saturated carbocycles. The SMILES string of the molecule is C\C=C/C(=C\C=C\CC)c1cc(-c2nsc(=O)[nH]2)[nH]n1. The van der Waals surface area contributed by atoms with Gasteiger partial charge in [0.25, 0.3) is 0 Å². The van der Waals surface area contributed by atoms with E-state index in [1.54, 1.807) is 0 Å². The highest BCUT2D eigenvalue weighted by Gasteiger charge is 2.08. The van der Waals surface area contributed by atoms with E-state index in [1.165, 1.54) is 0 Å². The summed E-state index contributed by atoms with van der Waals surface area (Å²) in [6.07, 6.45) is 11.0. The van der Waals surface area contributed by atoms with E-state index in [2.05, 4.69) is 32.6 Å². The predicted octanol–water partition coefficient (Wildman–Crippen LogP) is 3.15. The number of nitrogens with one attached hydrogen (secondary N) is 2. The van der Waals surface area contributed by atoms with Crippen molar-refractivity contribution in [2.75, 3.05) is 0 Å². The number of hydrogen-bond acceptors (Lipinski definition) is 4. The molecule has 2 aromatic heterocycles. The van der Waals surface area contributed by atoms with Crippen LogP contribution < -0.4 is 4.87 Å². The summed E-state index contributed by atoms with van der Waals surface area (Å²) >= 11 is 0.895. The van der Waals surface area contributed by atoms with E-state index in [0.717, 1.165) is 29.2 Å². The molecule has 0 aliphatic rings. The lowest BCUT2D eigenvalue weighted by molar-refractivity contribution is 1.07. The fourth-order valence-electron chi connectivity index (χ4n) is 1.65. The molecule has 0 spiro atoms. The van der Waals surface area contributed by atoms with Gasteiger partial charge >= 0.3 is 4.87 Å². The van der Waals surface area contributed by atoms with Crippen LogP contribution in [0.2, 0.25) is 0 Å². The zero-order valence-electron chi connectivity index (χ0n) is 11.4. The van der Waals surface area contributed by atoms with Crippen LogP contribution >= 0.6 is 11.5 Å². The van der Waals surface area contributed by atoms with E-state index in [4.69, 9.17) is 0 Å². The van der Waals surface area contributed by atoms with E-state index < -0.39 is 0 Å².